The van der Waals surface area contributed by atoms with E-state index in [1.54, 1.807) is 30.1 Å². The maximum Gasteiger partial charge on any atom is 0.260 e. The molecule has 0 aromatic heterocycles. The molecule has 0 spiro atoms. The van der Waals surface area contributed by atoms with E-state index >= 15 is 0 Å². The van der Waals surface area contributed by atoms with E-state index in [0.717, 1.165) is 0 Å². The monoisotopic (exact) mass is 256 g/mol. The maximum absolute atomic E-state index is 11.7. The third-order valence-electron chi connectivity index (χ3n) is 2.50. The minimum atomic E-state index is -0.0760. The Morgan fingerprint density at radius 3 is 2.71 bits per heavy atom. The summed E-state index contributed by atoms with van der Waals surface area (Å²) in [6, 6.07) is 5.08. The Kier molecular flexibility index (Phi) is 4.63. The average Bonchev–Trinajstić information content (AvgIpc) is 2.29. The number of likely N-dealkylation sites (N-methyl/N-ethyl adjacent to an activating group) is 1. The van der Waals surface area contributed by atoms with Crippen LogP contribution < -0.4 is 10.5 Å². The van der Waals surface area contributed by atoms with E-state index in [0.29, 0.717) is 16.5 Å². The molecule has 0 atom stereocenters. The number of halogens is 1. The summed E-state index contributed by atoms with van der Waals surface area (Å²) in [5.74, 6) is 0.461. The maximum atomic E-state index is 11.7. The van der Waals surface area contributed by atoms with Gasteiger partial charge < -0.3 is 15.4 Å². The first-order chi connectivity index (χ1) is 7.91. The molecule has 94 valence electrons. The number of anilines is 1. The molecule has 4 nitrogen and oxygen atoms in total. The summed E-state index contributed by atoms with van der Waals surface area (Å²) in [4.78, 5) is 13.3. The first kappa shape index (κ1) is 13.6. The number of rotatable bonds is 4. The van der Waals surface area contributed by atoms with Crippen molar-refractivity contribution in [2.24, 2.45) is 0 Å². The molecular weight excluding hydrogens is 240 g/mol. The lowest BCUT2D eigenvalue weighted by molar-refractivity contribution is -0.133. The fourth-order valence-corrected chi connectivity index (χ4v) is 1.30. The van der Waals surface area contributed by atoms with Crippen molar-refractivity contribution in [2.75, 3.05) is 19.4 Å². The minimum Gasteiger partial charge on any atom is -0.484 e. The predicted molar refractivity (Wildman–Crippen MR) is 69.3 cm³/mol. The molecule has 5 heteroatoms. The Morgan fingerprint density at radius 2 is 2.18 bits per heavy atom. The Labute approximate surface area is 106 Å². The van der Waals surface area contributed by atoms with Crippen LogP contribution in [0.1, 0.15) is 13.8 Å². The standard InChI is InChI=1S/C12H17ClN2O2/c1-8(2)15(3)12(16)7-17-9-4-5-11(14)10(13)6-9/h4-6,8H,7,14H2,1-3H3. The van der Waals surface area contributed by atoms with Crippen LogP contribution in [0.25, 0.3) is 0 Å². The highest BCUT2D eigenvalue weighted by Crippen LogP contribution is 2.24. The van der Waals surface area contributed by atoms with Crippen molar-refractivity contribution in [3.8, 4) is 5.75 Å². The Balaban J connectivity index is 2.56. The summed E-state index contributed by atoms with van der Waals surface area (Å²) >= 11 is 5.84. The summed E-state index contributed by atoms with van der Waals surface area (Å²) in [5, 5.41) is 0.423. The van der Waals surface area contributed by atoms with Crippen LogP contribution in [0.2, 0.25) is 5.02 Å². The third-order valence-corrected chi connectivity index (χ3v) is 2.83. The number of carbonyl (C=O) groups excluding carboxylic acids is 1. The number of nitrogens with two attached hydrogens (primary N) is 1. The molecule has 0 heterocycles. The molecule has 17 heavy (non-hydrogen) atoms. The number of hydrogen-bond donors (Lipinski definition) is 1. The summed E-state index contributed by atoms with van der Waals surface area (Å²) in [5.41, 5.74) is 6.06. The topological polar surface area (TPSA) is 55.6 Å². The molecule has 0 radical (unpaired) electrons. The van der Waals surface area contributed by atoms with Gasteiger partial charge in [0, 0.05) is 19.2 Å². The van der Waals surface area contributed by atoms with Gasteiger partial charge in [-0.15, -0.1) is 0 Å². The summed E-state index contributed by atoms with van der Waals surface area (Å²) in [7, 11) is 1.74. The zero-order chi connectivity index (χ0) is 13.0. The van der Waals surface area contributed by atoms with Crippen LogP contribution in [0, 0.1) is 0 Å². The Morgan fingerprint density at radius 1 is 1.53 bits per heavy atom. The van der Waals surface area contributed by atoms with E-state index in [1.807, 2.05) is 13.8 Å². The van der Waals surface area contributed by atoms with Crippen LogP contribution in [-0.4, -0.2) is 30.5 Å². The first-order valence-corrected chi connectivity index (χ1v) is 5.73. The second-order valence-corrected chi connectivity index (χ2v) is 4.48. The van der Waals surface area contributed by atoms with E-state index in [-0.39, 0.29) is 18.6 Å². The molecule has 0 saturated carbocycles. The van der Waals surface area contributed by atoms with E-state index in [9.17, 15) is 4.79 Å². The van der Waals surface area contributed by atoms with Gasteiger partial charge in [-0.05, 0) is 26.0 Å². The molecule has 0 aliphatic rings. The van der Waals surface area contributed by atoms with Crippen molar-refractivity contribution < 1.29 is 9.53 Å². The predicted octanol–water partition coefficient (Wildman–Crippen LogP) is 2.17. The summed E-state index contributed by atoms with van der Waals surface area (Å²) < 4.78 is 5.34. The largest absolute Gasteiger partial charge is 0.484 e. The van der Waals surface area contributed by atoms with Crippen LogP contribution in [0.5, 0.6) is 5.75 Å². The zero-order valence-corrected chi connectivity index (χ0v) is 11.0. The van der Waals surface area contributed by atoms with Crippen molar-refractivity contribution in [1.29, 1.82) is 0 Å². The number of benzene rings is 1. The van der Waals surface area contributed by atoms with Crippen molar-refractivity contribution in [3.63, 3.8) is 0 Å². The van der Waals surface area contributed by atoms with E-state index in [4.69, 9.17) is 22.1 Å². The van der Waals surface area contributed by atoms with Gasteiger partial charge >= 0.3 is 0 Å². The normalized spacial score (nSPS) is 10.4. The molecule has 1 aromatic rings. The van der Waals surface area contributed by atoms with Gasteiger partial charge in [-0.1, -0.05) is 11.6 Å². The fraction of sp³-hybridized carbons (Fsp3) is 0.417. The van der Waals surface area contributed by atoms with Gasteiger partial charge in [-0.3, -0.25) is 4.79 Å². The van der Waals surface area contributed by atoms with Crippen LogP contribution in [0.15, 0.2) is 18.2 Å². The number of amides is 1. The minimum absolute atomic E-state index is 0.00503. The lowest BCUT2D eigenvalue weighted by atomic mass is 10.3. The SMILES string of the molecule is CC(C)N(C)C(=O)COc1ccc(N)c(Cl)c1. The second kappa shape index (κ2) is 5.77. The number of carbonyl (C=O) groups is 1. The molecule has 0 bridgehead atoms. The summed E-state index contributed by atoms with van der Waals surface area (Å²) in [6.45, 7) is 3.88. The molecule has 0 unspecified atom stereocenters. The van der Waals surface area contributed by atoms with Crippen LogP contribution in [-0.2, 0) is 4.79 Å². The highest BCUT2D eigenvalue weighted by Gasteiger charge is 2.12. The second-order valence-electron chi connectivity index (χ2n) is 4.07. The van der Waals surface area contributed by atoms with E-state index in [1.165, 1.54) is 0 Å². The first-order valence-electron chi connectivity index (χ1n) is 5.35. The van der Waals surface area contributed by atoms with Crippen LogP contribution in [0.3, 0.4) is 0 Å². The number of nitrogens with zero attached hydrogens (tertiary/aromatic N) is 1. The van der Waals surface area contributed by atoms with Crippen molar-refractivity contribution in [1.82, 2.24) is 4.90 Å². The highest BCUT2D eigenvalue weighted by molar-refractivity contribution is 6.33. The molecule has 2 N–H and O–H groups in total. The summed E-state index contributed by atoms with van der Waals surface area (Å²) in [6.07, 6.45) is 0. The Hall–Kier alpha value is -1.42. The van der Waals surface area contributed by atoms with Crippen LogP contribution >= 0.6 is 11.6 Å². The van der Waals surface area contributed by atoms with E-state index in [2.05, 4.69) is 0 Å². The average molecular weight is 257 g/mol. The van der Waals surface area contributed by atoms with Gasteiger partial charge in [0.2, 0.25) is 0 Å². The number of nitrogen functional groups attached to an aromatic ring is 1. The van der Waals surface area contributed by atoms with Gasteiger partial charge in [0.05, 0.1) is 10.7 Å². The molecule has 1 aromatic carbocycles. The van der Waals surface area contributed by atoms with Crippen molar-refractivity contribution in [3.05, 3.63) is 23.2 Å². The molecule has 0 aliphatic carbocycles. The molecule has 0 saturated heterocycles. The molecule has 0 fully saturated rings. The fourth-order valence-electron chi connectivity index (χ4n) is 1.13. The molecule has 1 amide bonds. The highest BCUT2D eigenvalue weighted by atomic mass is 35.5. The van der Waals surface area contributed by atoms with Crippen molar-refractivity contribution in [2.45, 2.75) is 19.9 Å². The van der Waals surface area contributed by atoms with Gasteiger partial charge in [-0.2, -0.15) is 0 Å². The smallest absolute Gasteiger partial charge is 0.260 e. The van der Waals surface area contributed by atoms with Crippen molar-refractivity contribution >= 4 is 23.2 Å². The van der Waals surface area contributed by atoms with Gasteiger partial charge in [-0.25, -0.2) is 0 Å². The third kappa shape index (κ3) is 3.82. The number of ether oxygens (including phenoxy) is 1. The van der Waals surface area contributed by atoms with E-state index < -0.39 is 0 Å². The molecule has 0 aliphatic heterocycles. The quantitative estimate of drug-likeness (QED) is 0.840. The lowest BCUT2D eigenvalue weighted by Crippen LogP contribution is -2.36. The number of hydrogen-bond acceptors (Lipinski definition) is 3. The van der Waals surface area contributed by atoms with Crippen LogP contribution in [0.4, 0.5) is 5.69 Å². The van der Waals surface area contributed by atoms with Gasteiger partial charge in [0.25, 0.3) is 5.91 Å². The molecule has 1 rings (SSSR count). The zero-order valence-electron chi connectivity index (χ0n) is 10.2. The van der Waals surface area contributed by atoms with Gasteiger partial charge in [0.1, 0.15) is 5.75 Å². The molecular formula is C12H17ClN2O2. The van der Waals surface area contributed by atoms with Gasteiger partial charge in [0.15, 0.2) is 6.61 Å². The lowest BCUT2D eigenvalue weighted by Gasteiger charge is -2.21. The Bertz CT molecular complexity index is 407.